The molecule has 0 aliphatic rings. The van der Waals surface area contributed by atoms with Crippen LogP contribution in [0, 0.1) is 11.3 Å². The summed E-state index contributed by atoms with van der Waals surface area (Å²) in [6.45, 7) is 3.15. The van der Waals surface area contributed by atoms with E-state index in [1.807, 2.05) is 6.07 Å². The SMILES string of the molecule is CCCCc1ccc(C#N)c(SCC(=O)Nc2c[n+](CCOC)no2)n1. The van der Waals surface area contributed by atoms with Crippen LogP contribution in [-0.4, -0.2) is 35.6 Å². The van der Waals surface area contributed by atoms with Crippen molar-refractivity contribution in [1.29, 1.82) is 5.26 Å². The Balaban J connectivity index is 1.91. The first kappa shape index (κ1) is 19.9. The van der Waals surface area contributed by atoms with Gasteiger partial charge in [-0.15, -0.1) is 0 Å². The summed E-state index contributed by atoms with van der Waals surface area (Å²) < 4.78 is 11.5. The summed E-state index contributed by atoms with van der Waals surface area (Å²) in [5.74, 6) is 0.129. The zero-order chi connectivity index (χ0) is 18.8. The summed E-state index contributed by atoms with van der Waals surface area (Å²) in [6, 6.07) is 5.74. The van der Waals surface area contributed by atoms with Gasteiger partial charge in [-0.05, 0) is 29.7 Å². The summed E-state index contributed by atoms with van der Waals surface area (Å²) in [5.41, 5.74) is 1.41. The second-order valence-electron chi connectivity index (χ2n) is 5.53. The molecule has 0 unspecified atom stereocenters. The highest BCUT2D eigenvalue weighted by molar-refractivity contribution is 8.00. The number of aromatic nitrogens is 3. The molecule has 0 saturated heterocycles. The number of nitriles is 1. The zero-order valence-corrected chi connectivity index (χ0v) is 15.7. The van der Waals surface area contributed by atoms with Gasteiger partial charge in [0.2, 0.25) is 17.7 Å². The third-order valence-electron chi connectivity index (χ3n) is 3.46. The van der Waals surface area contributed by atoms with Gasteiger partial charge in [-0.1, -0.05) is 25.1 Å². The van der Waals surface area contributed by atoms with E-state index in [0.717, 1.165) is 25.0 Å². The number of methoxy groups -OCH3 is 1. The Kier molecular flexibility index (Phi) is 8.05. The van der Waals surface area contributed by atoms with E-state index in [1.54, 1.807) is 24.1 Å². The number of ether oxygens (including phenoxy) is 1. The van der Waals surface area contributed by atoms with Crippen LogP contribution in [0.25, 0.3) is 0 Å². The number of unbranched alkanes of at least 4 members (excludes halogenated alkanes) is 1. The summed E-state index contributed by atoms with van der Waals surface area (Å²) in [4.78, 5) is 16.6. The van der Waals surface area contributed by atoms with E-state index >= 15 is 0 Å². The number of nitrogens with one attached hydrogen (secondary N) is 1. The van der Waals surface area contributed by atoms with Crippen LogP contribution in [0.4, 0.5) is 5.88 Å². The molecule has 138 valence electrons. The molecular weight excluding hydrogens is 354 g/mol. The molecule has 1 amide bonds. The topological polar surface area (TPSA) is 105 Å². The third-order valence-corrected chi connectivity index (χ3v) is 4.45. The maximum atomic E-state index is 12.1. The fourth-order valence-electron chi connectivity index (χ4n) is 2.10. The molecule has 26 heavy (non-hydrogen) atoms. The number of pyridine rings is 1. The van der Waals surface area contributed by atoms with Crippen LogP contribution in [0.5, 0.6) is 0 Å². The van der Waals surface area contributed by atoms with Gasteiger partial charge in [-0.25, -0.2) is 4.98 Å². The minimum atomic E-state index is -0.255. The third kappa shape index (κ3) is 6.13. The number of nitrogens with zero attached hydrogens (tertiary/aromatic N) is 4. The second-order valence-corrected chi connectivity index (χ2v) is 6.49. The fraction of sp³-hybridized carbons (Fsp3) is 0.471. The number of rotatable bonds is 10. The van der Waals surface area contributed by atoms with Crippen LogP contribution in [-0.2, 0) is 22.5 Å². The molecule has 2 aromatic rings. The van der Waals surface area contributed by atoms with E-state index in [9.17, 15) is 10.1 Å². The largest absolute Gasteiger partial charge is 0.378 e. The molecule has 2 aromatic heterocycles. The highest BCUT2D eigenvalue weighted by Crippen LogP contribution is 2.21. The molecule has 0 radical (unpaired) electrons. The molecule has 0 bridgehead atoms. The molecule has 8 nitrogen and oxygen atoms in total. The minimum Gasteiger partial charge on any atom is -0.378 e. The molecule has 9 heteroatoms. The van der Waals surface area contributed by atoms with Gasteiger partial charge in [0.05, 0.1) is 11.3 Å². The van der Waals surface area contributed by atoms with Crippen molar-refractivity contribution < 1.29 is 18.7 Å². The van der Waals surface area contributed by atoms with Gasteiger partial charge in [0.25, 0.3) is 6.20 Å². The number of aryl methyl sites for hydroxylation is 1. The highest BCUT2D eigenvalue weighted by Gasteiger charge is 2.15. The van der Waals surface area contributed by atoms with Gasteiger partial charge in [0.15, 0.2) is 0 Å². The van der Waals surface area contributed by atoms with E-state index < -0.39 is 0 Å². The van der Waals surface area contributed by atoms with E-state index in [2.05, 4.69) is 28.6 Å². The second kappa shape index (κ2) is 10.5. The van der Waals surface area contributed by atoms with Gasteiger partial charge in [0, 0.05) is 12.8 Å². The van der Waals surface area contributed by atoms with Crippen LogP contribution >= 0.6 is 11.8 Å². The molecular formula is C17H22N5O3S+. The molecule has 0 spiro atoms. The number of amides is 1. The van der Waals surface area contributed by atoms with Crippen molar-refractivity contribution in [3.8, 4) is 6.07 Å². The summed E-state index contributed by atoms with van der Waals surface area (Å²) in [7, 11) is 1.60. The van der Waals surface area contributed by atoms with E-state index in [4.69, 9.17) is 9.26 Å². The first-order valence-electron chi connectivity index (χ1n) is 8.34. The van der Waals surface area contributed by atoms with Crippen molar-refractivity contribution in [2.24, 2.45) is 0 Å². The Bertz CT molecular complexity index is 772. The van der Waals surface area contributed by atoms with E-state index in [1.165, 1.54) is 11.8 Å². The van der Waals surface area contributed by atoms with Crippen molar-refractivity contribution in [3.05, 3.63) is 29.6 Å². The number of hydrogen-bond acceptors (Lipinski definition) is 7. The van der Waals surface area contributed by atoms with Crippen LogP contribution < -0.4 is 10.00 Å². The monoisotopic (exact) mass is 376 g/mol. The van der Waals surface area contributed by atoms with Crippen LogP contribution in [0.2, 0.25) is 0 Å². The minimum absolute atomic E-state index is 0.123. The van der Waals surface area contributed by atoms with Gasteiger partial charge in [0.1, 0.15) is 17.7 Å². The Labute approximate surface area is 156 Å². The first-order valence-corrected chi connectivity index (χ1v) is 9.32. The normalized spacial score (nSPS) is 10.5. The lowest BCUT2D eigenvalue weighted by atomic mass is 10.2. The quantitative estimate of drug-likeness (QED) is 0.499. The number of carbonyl (C=O) groups excluding carboxylic acids is 1. The Morgan fingerprint density at radius 1 is 1.50 bits per heavy atom. The molecule has 0 aromatic carbocycles. The average molecular weight is 376 g/mol. The van der Waals surface area contributed by atoms with Gasteiger partial charge in [-0.3, -0.25) is 14.6 Å². The smallest absolute Gasteiger partial charge is 0.302 e. The summed E-state index contributed by atoms with van der Waals surface area (Å²) in [5, 5.41) is 16.2. The highest BCUT2D eigenvalue weighted by atomic mass is 32.2. The van der Waals surface area contributed by atoms with Crippen molar-refractivity contribution >= 4 is 23.6 Å². The maximum Gasteiger partial charge on any atom is 0.302 e. The first-order chi connectivity index (χ1) is 12.7. The predicted molar refractivity (Wildman–Crippen MR) is 95.5 cm³/mol. The van der Waals surface area contributed by atoms with Crippen LogP contribution in [0.1, 0.15) is 31.0 Å². The van der Waals surface area contributed by atoms with E-state index in [-0.39, 0.29) is 17.5 Å². The molecule has 0 atom stereocenters. The van der Waals surface area contributed by atoms with Crippen molar-refractivity contribution in [2.45, 2.75) is 37.8 Å². The maximum absolute atomic E-state index is 12.1. The lowest BCUT2D eigenvalue weighted by molar-refractivity contribution is -0.763. The fourth-order valence-corrected chi connectivity index (χ4v) is 2.89. The van der Waals surface area contributed by atoms with E-state index in [0.29, 0.717) is 23.7 Å². The number of hydrogen-bond donors (Lipinski definition) is 1. The summed E-state index contributed by atoms with van der Waals surface area (Å²) in [6.07, 6.45) is 4.57. The van der Waals surface area contributed by atoms with Crippen molar-refractivity contribution in [3.63, 3.8) is 0 Å². The van der Waals surface area contributed by atoms with Gasteiger partial charge in [-0.2, -0.15) is 5.26 Å². The van der Waals surface area contributed by atoms with Crippen LogP contribution in [0.15, 0.2) is 27.9 Å². The molecule has 0 fully saturated rings. The zero-order valence-electron chi connectivity index (χ0n) is 14.9. The predicted octanol–water partition coefficient (Wildman–Crippen LogP) is 1.95. The standard InChI is InChI=1S/C17H21N5O3S/c1-3-4-5-14-7-6-13(10-18)17(19-14)26-12-15(23)20-16-11-22(21-25-16)8-9-24-2/h6-7,11H,3-5,8-9,12H2,1-2H3/p+1. The van der Waals surface area contributed by atoms with Crippen molar-refractivity contribution in [2.75, 3.05) is 24.8 Å². The number of anilines is 1. The molecule has 2 rings (SSSR count). The molecule has 0 aliphatic carbocycles. The lowest BCUT2D eigenvalue weighted by Crippen LogP contribution is -2.36. The summed E-state index contributed by atoms with van der Waals surface area (Å²) >= 11 is 1.23. The molecule has 0 saturated carbocycles. The van der Waals surface area contributed by atoms with Crippen molar-refractivity contribution in [1.82, 2.24) is 10.3 Å². The molecule has 0 aliphatic heterocycles. The molecule has 1 N–H and O–H groups in total. The Morgan fingerprint density at radius 3 is 3.08 bits per heavy atom. The lowest BCUT2D eigenvalue weighted by Gasteiger charge is -2.06. The number of thioether (sulfide) groups is 1. The molecule has 2 heterocycles. The average Bonchev–Trinajstić information content (AvgIpc) is 3.10. The van der Waals surface area contributed by atoms with Gasteiger partial charge >= 0.3 is 5.88 Å². The number of carbonyl (C=O) groups is 1. The van der Waals surface area contributed by atoms with Crippen LogP contribution in [0.3, 0.4) is 0 Å². The Hall–Kier alpha value is -2.44. The van der Waals surface area contributed by atoms with Gasteiger partial charge < -0.3 is 4.74 Å². The Morgan fingerprint density at radius 2 is 2.35 bits per heavy atom.